The minimum absolute atomic E-state index is 0.0139. The molecule has 3 aromatic carbocycles. The highest BCUT2D eigenvalue weighted by Crippen LogP contribution is 2.26. The topological polar surface area (TPSA) is 84.5 Å². The lowest BCUT2D eigenvalue weighted by Gasteiger charge is -2.25. The molecule has 0 fully saturated rings. The quantitative estimate of drug-likeness (QED) is 0.616. The first-order chi connectivity index (χ1) is 15.0. The summed E-state index contributed by atoms with van der Waals surface area (Å²) in [5, 5.41) is 3.05. The molecule has 0 bridgehead atoms. The summed E-state index contributed by atoms with van der Waals surface area (Å²) in [6.45, 7) is 0. The van der Waals surface area contributed by atoms with Crippen LogP contribution in [0.5, 0.6) is 5.75 Å². The lowest BCUT2D eigenvalue weighted by molar-refractivity contribution is 0.0933. The number of hydrogen-bond donors (Lipinski definition) is 2. The Labute approximate surface area is 182 Å². The number of aryl methyl sites for hydroxylation is 1. The summed E-state index contributed by atoms with van der Waals surface area (Å²) in [6.07, 6.45) is 2.55. The summed E-state index contributed by atoms with van der Waals surface area (Å²) in [5.74, 6) is 0.135. The van der Waals surface area contributed by atoms with Gasteiger partial charge < -0.3 is 10.1 Å². The maximum atomic E-state index is 12.9. The fourth-order valence-corrected chi connectivity index (χ4v) is 4.94. The number of carbonyl (C=O) groups excluding carboxylic acids is 1. The highest BCUT2D eigenvalue weighted by molar-refractivity contribution is 7.92. The number of benzene rings is 3. The van der Waals surface area contributed by atoms with Crippen molar-refractivity contribution in [3.63, 3.8) is 0 Å². The third-order valence-electron chi connectivity index (χ3n) is 5.44. The van der Waals surface area contributed by atoms with Gasteiger partial charge in [0.05, 0.1) is 17.7 Å². The van der Waals surface area contributed by atoms with Crippen LogP contribution in [0.3, 0.4) is 0 Å². The third-order valence-corrected chi connectivity index (χ3v) is 6.80. The van der Waals surface area contributed by atoms with E-state index >= 15 is 0 Å². The van der Waals surface area contributed by atoms with E-state index in [4.69, 9.17) is 4.74 Å². The molecule has 3 aromatic rings. The number of methoxy groups -OCH3 is 1. The van der Waals surface area contributed by atoms with Gasteiger partial charge >= 0.3 is 0 Å². The van der Waals surface area contributed by atoms with Gasteiger partial charge in [0.2, 0.25) is 0 Å². The Balaban J connectivity index is 1.49. The molecular formula is C24H24N2O4S. The van der Waals surface area contributed by atoms with Crippen molar-refractivity contribution in [2.24, 2.45) is 0 Å². The predicted octanol–water partition coefficient (Wildman–Crippen LogP) is 3.78. The van der Waals surface area contributed by atoms with E-state index in [9.17, 15) is 13.2 Å². The van der Waals surface area contributed by atoms with Crippen molar-refractivity contribution < 1.29 is 17.9 Å². The Morgan fingerprint density at radius 2 is 1.71 bits per heavy atom. The van der Waals surface area contributed by atoms with Crippen LogP contribution >= 0.6 is 0 Å². The van der Waals surface area contributed by atoms with Crippen LogP contribution in [0.1, 0.15) is 27.9 Å². The Morgan fingerprint density at radius 3 is 2.52 bits per heavy atom. The van der Waals surface area contributed by atoms with E-state index in [2.05, 4.69) is 22.2 Å². The molecule has 1 aliphatic rings. The minimum Gasteiger partial charge on any atom is -0.495 e. The fraction of sp³-hybridized carbons (Fsp3) is 0.208. The average Bonchev–Trinajstić information content (AvgIpc) is 2.79. The molecule has 0 aliphatic heterocycles. The third kappa shape index (κ3) is 4.72. The van der Waals surface area contributed by atoms with Crippen molar-refractivity contribution in [1.29, 1.82) is 0 Å². The zero-order valence-corrected chi connectivity index (χ0v) is 18.0. The summed E-state index contributed by atoms with van der Waals surface area (Å²) in [4.78, 5) is 12.8. The highest BCUT2D eigenvalue weighted by Gasteiger charge is 2.22. The van der Waals surface area contributed by atoms with Gasteiger partial charge in [0.15, 0.2) is 0 Å². The number of hydrogen-bond acceptors (Lipinski definition) is 4. The molecule has 160 valence electrons. The van der Waals surface area contributed by atoms with Crippen LogP contribution in [0.15, 0.2) is 77.7 Å². The number of anilines is 1. The summed E-state index contributed by atoms with van der Waals surface area (Å²) in [7, 11) is -2.41. The first kappa shape index (κ1) is 20.9. The van der Waals surface area contributed by atoms with Gasteiger partial charge in [0.25, 0.3) is 15.9 Å². The number of amides is 1. The summed E-state index contributed by atoms with van der Waals surface area (Å²) in [5.41, 5.74) is 3.21. The second-order valence-corrected chi connectivity index (χ2v) is 9.20. The number of fused-ring (bicyclic) bond motifs is 1. The van der Waals surface area contributed by atoms with Crippen molar-refractivity contribution in [3.05, 3.63) is 89.5 Å². The summed E-state index contributed by atoms with van der Waals surface area (Å²) >= 11 is 0. The molecule has 0 aromatic heterocycles. The Hall–Kier alpha value is -3.32. The van der Waals surface area contributed by atoms with Gasteiger partial charge in [-0.2, -0.15) is 0 Å². The molecule has 31 heavy (non-hydrogen) atoms. The standard InChI is InChI=1S/C24H24N2O4S/c1-30-23-12-5-4-11-22(23)26-31(28,29)21-10-6-9-19(16-21)24(27)25-20-14-13-17-7-2-3-8-18(17)15-20/h2-12,16,20,26H,13-15H2,1H3,(H,25,27). The maximum absolute atomic E-state index is 12.9. The van der Waals surface area contributed by atoms with Crippen LogP contribution in [-0.4, -0.2) is 27.5 Å². The molecule has 0 saturated carbocycles. The first-order valence-electron chi connectivity index (χ1n) is 10.1. The number of sulfonamides is 1. The van der Waals surface area contributed by atoms with Gasteiger partial charge in [-0.1, -0.05) is 42.5 Å². The van der Waals surface area contributed by atoms with Crippen LogP contribution in [0, 0.1) is 0 Å². The van der Waals surface area contributed by atoms with E-state index in [1.54, 1.807) is 36.4 Å². The Bertz CT molecular complexity index is 1210. The number of ether oxygens (including phenoxy) is 1. The SMILES string of the molecule is COc1ccccc1NS(=O)(=O)c1cccc(C(=O)NC2CCc3ccccc3C2)c1. The van der Waals surface area contributed by atoms with Gasteiger partial charge in [-0.15, -0.1) is 0 Å². The lowest BCUT2D eigenvalue weighted by Crippen LogP contribution is -2.38. The second kappa shape index (κ2) is 8.81. The number of para-hydroxylation sites is 2. The molecule has 0 radical (unpaired) electrons. The maximum Gasteiger partial charge on any atom is 0.262 e. The van der Waals surface area contributed by atoms with E-state index in [0.717, 1.165) is 19.3 Å². The van der Waals surface area contributed by atoms with E-state index in [1.165, 1.54) is 30.4 Å². The Kier molecular flexibility index (Phi) is 5.95. The van der Waals surface area contributed by atoms with Gasteiger partial charge in [-0.25, -0.2) is 8.42 Å². The van der Waals surface area contributed by atoms with Crippen LogP contribution in [0.25, 0.3) is 0 Å². The normalized spacial score (nSPS) is 15.6. The van der Waals surface area contributed by atoms with Crippen LogP contribution in [0.4, 0.5) is 5.69 Å². The molecule has 2 N–H and O–H groups in total. The summed E-state index contributed by atoms with van der Waals surface area (Å²) in [6, 6.07) is 21.1. The van der Waals surface area contributed by atoms with Gasteiger partial charge in [-0.05, 0) is 60.7 Å². The van der Waals surface area contributed by atoms with Crippen LogP contribution < -0.4 is 14.8 Å². The van der Waals surface area contributed by atoms with Crippen molar-refractivity contribution >= 4 is 21.6 Å². The molecular weight excluding hydrogens is 412 g/mol. The van der Waals surface area contributed by atoms with Crippen molar-refractivity contribution in [1.82, 2.24) is 5.32 Å². The fourth-order valence-electron chi connectivity index (χ4n) is 3.83. The molecule has 1 aliphatic carbocycles. The Morgan fingerprint density at radius 1 is 0.968 bits per heavy atom. The molecule has 1 amide bonds. The van der Waals surface area contributed by atoms with Gasteiger partial charge in [-0.3, -0.25) is 9.52 Å². The monoisotopic (exact) mass is 436 g/mol. The second-order valence-electron chi connectivity index (χ2n) is 7.52. The van der Waals surface area contributed by atoms with Gasteiger partial charge in [0, 0.05) is 11.6 Å². The van der Waals surface area contributed by atoms with E-state index < -0.39 is 10.0 Å². The summed E-state index contributed by atoms with van der Waals surface area (Å²) < 4.78 is 33.5. The first-order valence-corrected chi connectivity index (χ1v) is 11.6. The molecule has 7 heteroatoms. The smallest absolute Gasteiger partial charge is 0.262 e. The largest absolute Gasteiger partial charge is 0.495 e. The van der Waals surface area contributed by atoms with Crippen molar-refractivity contribution in [2.45, 2.75) is 30.2 Å². The zero-order chi connectivity index (χ0) is 21.8. The van der Waals surface area contributed by atoms with E-state index in [-0.39, 0.29) is 16.8 Å². The van der Waals surface area contributed by atoms with E-state index in [0.29, 0.717) is 17.0 Å². The van der Waals surface area contributed by atoms with Crippen molar-refractivity contribution in [2.75, 3.05) is 11.8 Å². The average molecular weight is 437 g/mol. The minimum atomic E-state index is -3.89. The highest BCUT2D eigenvalue weighted by atomic mass is 32.2. The van der Waals surface area contributed by atoms with Gasteiger partial charge in [0.1, 0.15) is 5.75 Å². The van der Waals surface area contributed by atoms with Crippen LogP contribution in [-0.2, 0) is 22.9 Å². The molecule has 4 rings (SSSR count). The molecule has 0 saturated heterocycles. The predicted molar refractivity (Wildman–Crippen MR) is 120 cm³/mol. The van der Waals surface area contributed by atoms with Crippen LogP contribution in [0.2, 0.25) is 0 Å². The van der Waals surface area contributed by atoms with E-state index in [1.807, 2.05) is 12.1 Å². The zero-order valence-electron chi connectivity index (χ0n) is 17.2. The molecule has 0 spiro atoms. The molecule has 1 atom stereocenters. The number of carbonyl (C=O) groups is 1. The van der Waals surface area contributed by atoms with Crippen molar-refractivity contribution in [3.8, 4) is 5.75 Å². The molecule has 1 unspecified atom stereocenters. The number of rotatable bonds is 6. The molecule has 6 nitrogen and oxygen atoms in total. The number of nitrogens with one attached hydrogen (secondary N) is 2. The molecule has 0 heterocycles. The lowest BCUT2D eigenvalue weighted by atomic mass is 9.88.